The van der Waals surface area contributed by atoms with E-state index >= 15 is 0 Å². The molecule has 8 heteroatoms. The summed E-state index contributed by atoms with van der Waals surface area (Å²) in [4.78, 5) is 19.5. The number of pyridine rings is 1. The van der Waals surface area contributed by atoms with Gasteiger partial charge in [0.25, 0.3) is 5.91 Å². The lowest BCUT2D eigenvalue weighted by Crippen LogP contribution is -2.33. The van der Waals surface area contributed by atoms with E-state index in [0.717, 1.165) is 53.0 Å². The Hall–Kier alpha value is -3.16. The van der Waals surface area contributed by atoms with Gasteiger partial charge in [-0.1, -0.05) is 13.0 Å². The number of carbonyl (C=O) groups excluding carboxylic acids is 1. The van der Waals surface area contributed by atoms with E-state index in [1.54, 1.807) is 6.07 Å². The summed E-state index contributed by atoms with van der Waals surface area (Å²) in [5.74, 6) is 1.61. The van der Waals surface area contributed by atoms with Crippen molar-refractivity contribution in [3.05, 3.63) is 47.0 Å². The van der Waals surface area contributed by atoms with E-state index in [4.69, 9.17) is 0 Å². The molecule has 158 valence electrons. The summed E-state index contributed by atoms with van der Waals surface area (Å²) in [5, 5.41) is 14.5. The minimum absolute atomic E-state index is 0.193. The summed E-state index contributed by atoms with van der Waals surface area (Å²) in [5.41, 5.74) is 4.99. The average molecular weight is 408 g/mol. The number of aryl methyl sites for hydroxylation is 2. The first-order valence-corrected chi connectivity index (χ1v) is 10.5. The minimum Gasteiger partial charge on any atom is -0.357 e. The smallest absolute Gasteiger partial charge is 0.269 e. The van der Waals surface area contributed by atoms with Crippen molar-refractivity contribution in [2.45, 2.75) is 40.2 Å². The largest absolute Gasteiger partial charge is 0.357 e. The van der Waals surface area contributed by atoms with Gasteiger partial charge in [0.2, 0.25) is 0 Å². The summed E-state index contributed by atoms with van der Waals surface area (Å²) in [7, 11) is 1.90. The highest BCUT2D eigenvalue weighted by molar-refractivity contribution is 5.93. The molecule has 0 radical (unpaired) electrons. The monoisotopic (exact) mass is 407 g/mol. The van der Waals surface area contributed by atoms with E-state index in [-0.39, 0.29) is 5.91 Å². The van der Waals surface area contributed by atoms with Crippen molar-refractivity contribution in [3.8, 4) is 11.3 Å². The molecule has 1 saturated heterocycles. The second-order valence-corrected chi connectivity index (χ2v) is 8.21. The number of nitrogens with one attached hydrogen (secondary N) is 2. The van der Waals surface area contributed by atoms with Gasteiger partial charge in [-0.25, -0.2) is 4.98 Å². The van der Waals surface area contributed by atoms with Gasteiger partial charge in [0, 0.05) is 44.1 Å². The van der Waals surface area contributed by atoms with E-state index in [9.17, 15) is 4.79 Å². The molecule has 0 aliphatic carbocycles. The fraction of sp³-hybridized carbons (Fsp3) is 0.455. The first-order chi connectivity index (χ1) is 14.4. The third-order valence-electron chi connectivity index (χ3n) is 5.96. The van der Waals surface area contributed by atoms with Crippen LogP contribution in [0.5, 0.6) is 0 Å². The van der Waals surface area contributed by atoms with E-state index in [0.29, 0.717) is 12.2 Å². The summed E-state index contributed by atoms with van der Waals surface area (Å²) < 4.78 is 1.82. The van der Waals surface area contributed by atoms with Gasteiger partial charge in [-0.15, -0.1) is 0 Å². The molecule has 0 atom stereocenters. The molecule has 0 spiro atoms. The lowest BCUT2D eigenvalue weighted by molar-refractivity contribution is 0.0946. The third-order valence-corrected chi connectivity index (χ3v) is 5.96. The first kappa shape index (κ1) is 20.1. The zero-order valence-electron chi connectivity index (χ0n) is 18.1. The lowest BCUT2D eigenvalue weighted by atomic mass is 9.99. The van der Waals surface area contributed by atoms with Crippen molar-refractivity contribution in [1.82, 2.24) is 30.3 Å². The van der Waals surface area contributed by atoms with Crippen molar-refractivity contribution < 1.29 is 4.79 Å². The topological polar surface area (TPSA) is 91.7 Å². The Kier molecular flexibility index (Phi) is 5.57. The maximum atomic E-state index is 12.6. The van der Waals surface area contributed by atoms with Gasteiger partial charge < -0.3 is 10.2 Å². The van der Waals surface area contributed by atoms with Crippen molar-refractivity contribution >= 4 is 11.7 Å². The van der Waals surface area contributed by atoms with Crippen molar-refractivity contribution in [3.63, 3.8) is 0 Å². The Morgan fingerprint density at radius 2 is 2.03 bits per heavy atom. The highest BCUT2D eigenvalue weighted by atomic mass is 16.1. The number of aromatic nitrogens is 5. The Morgan fingerprint density at radius 1 is 1.27 bits per heavy atom. The molecule has 3 aromatic heterocycles. The van der Waals surface area contributed by atoms with Gasteiger partial charge in [0.15, 0.2) is 0 Å². The summed E-state index contributed by atoms with van der Waals surface area (Å²) in [6.07, 6.45) is 4.27. The predicted octanol–water partition coefficient (Wildman–Crippen LogP) is 2.99. The number of hydrogen-bond donors (Lipinski definition) is 2. The molecule has 0 bridgehead atoms. The Labute approximate surface area is 176 Å². The molecule has 0 saturated carbocycles. The van der Waals surface area contributed by atoms with Crippen LogP contribution in [0.2, 0.25) is 0 Å². The molecule has 1 amide bonds. The number of hydrogen-bond acceptors (Lipinski definition) is 5. The van der Waals surface area contributed by atoms with E-state index < -0.39 is 0 Å². The zero-order chi connectivity index (χ0) is 21.3. The third kappa shape index (κ3) is 4.08. The van der Waals surface area contributed by atoms with Crippen LogP contribution in [0.3, 0.4) is 0 Å². The van der Waals surface area contributed by atoms with Gasteiger partial charge >= 0.3 is 0 Å². The first-order valence-electron chi connectivity index (χ1n) is 10.5. The molecule has 0 aromatic carbocycles. The molecular formula is C22H29N7O. The molecule has 2 N–H and O–H groups in total. The standard InChI is InChI=1S/C22H29N7O/c1-14-7-9-29(10-8-14)20-6-5-17(12-23-20)13-24-22(30)19-11-18(25-26-19)21-15(2)27-28(4)16(21)3/h5-6,11-12,14H,7-10,13H2,1-4H3,(H,24,30)(H,25,26). The van der Waals surface area contributed by atoms with Gasteiger partial charge in [0.05, 0.1) is 11.4 Å². The Morgan fingerprint density at radius 3 is 2.67 bits per heavy atom. The van der Waals surface area contributed by atoms with E-state index in [1.165, 1.54) is 12.8 Å². The van der Waals surface area contributed by atoms with Gasteiger partial charge in [-0.3, -0.25) is 14.6 Å². The molecule has 0 unspecified atom stereocenters. The highest BCUT2D eigenvalue weighted by Crippen LogP contribution is 2.25. The fourth-order valence-corrected chi connectivity index (χ4v) is 3.93. The van der Waals surface area contributed by atoms with Crippen LogP contribution in [-0.2, 0) is 13.6 Å². The van der Waals surface area contributed by atoms with Crippen LogP contribution in [0.1, 0.15) is 47.2 Å². The second kappa shape index (κ2) is 8.30. The maximum absolute atomic E-state index is 12.6. The number of anilines is 1. The van der Waals surface area contributed by atoms with Crippen LogP contribution in [-0.4, -0.2) is 44.0 Å². The number of amides is 1. The highest BCUT2D eigenvalue weighted by Gasteiger charge is 2.18. The SMILES string of the molecule is Cc1nn(C)c(C)c1-c1cc(C(=O)NCc2ccc(N3CCC(C)CC3)nc2)[nH]n1. The van der Waals surface area contributed by atoms with Crippen LogP contribution in [0.4, 0.5) is 5.82 Å². The number of rotatable bonds is 5. The van der Waals surface area contributed by atoms with Gasteiger partial charge in [-0.05, 0) is 50.3 Å². The normalized spacial score (nSPS) is 14.9. The molecule has 8 nitrogen and oxygen atoms in total. The summed E-state index contributed by atoms with van der Waals surface area (Å²) in [6, 6.07) is 5.84. The quantitative estimate of drug-likeness (QED) is 0.678. The summed E-state index contributed by atoms with van der Waals surface area (Å²) >= 11 is 0. The van der Waals surface area contributed by atoms with Crippen LogP contribution < -0.4 is 10.2 Å². The van der Waals surface area contributed by atoms with Gasteiger partial charge in [0.1, 0.15) is 11.5 Å². The number of piperidine rings is 1. The van der Waals surface area contributed by atoms with Crippen LogP contribution in [0, 0.1) is 19.8 Å². The molecule has 4 heterocycles. The molecular weight excluding hydrogens is 378 g/mol. The predicted molar refractivity (Wildman–Crippen MR) is 116 cm³/mol. The van der Waals surface area contributed by atoms with Gasteiger partial charge in [-0.2, -0.15) is 10.2 Å². The Balaban J connectivity index is 1.36. The van der Waals surface area contributed by atoms with Crippen LogP contribution >= 0.6 is 0 Å². The zero-order valence-corrected chi connectivity index (χ0v) is 18.1. The van der Waals surface area contributed by atoms with E-state index in [1.807, 2.05) is 43.9 Å². The fourth-order valence-electron chi connectivity index (χ4n) is 3.93. The van der Waals surface area contributed by atoms with Crippen molar-refractivity contribution in [2.75, 3.05) is 18.0 Å². The Bertz CT molecular complexity index is 1030. The molecule has 30 heavy (non-hydrogen) atoms. The molecule has 3 aromatic rings. The molecule has 4 rings (SSSR count). The molecule has 1 fully saturated rings. The minimum atomic E-state index is -0.193. The average Bonchev–Trinajstić information content (AvgIpc) is 3.31. The van der Waals surface area contributed by atoms with Crippen molar-refractivity contribution in [1.29, 1.82) is 0 Å². The molecule has 1 aliphatic heterocycles. The molecule has 1 aliphatic rings. The number of H-pyrrole nitrogens is 1. The lowest BCUT2D eigenvalue weighted by Gasteiger charge is -2.31. The second-order valence-electron chi connectivity index (χ2n) is 8.21. The van der Waals surface area contributed by atoms with E-state index in [2.05, 4.69) is 37.4 Å². The number of aromatic amines is 1. The summed E-state index contributed by atoms with van der Waals surface area (Å²) in [6.45, 7) is 8.77. The number of carbonyl (C=O) groups is 1. The number of nitrogens with zero attached hydrogens (tertiary/aromatic N) is 5. The van der Waals surface area contributed by atoms with Crippen LogP contribution in [0.25, 0.3) is 11.3 Å². The van der Waals surface area contributed by atoms with Crippen LogP contribution in [0.15, 0.2) is 24.4 Å². The maximum Gasteiger partial charge on any atom is 0.269 e. The van der Waals surface area contributed by atoms with Crippen molar-refractivity contribution in [2.24, 2.45) is 13.0 Å².